The number of aryl methyl sites for hydroxylation is 1. The Kier molecular flexibility index (Phi) is 4.15. The predicted octanol–water partition coefficient (Wildman–Crippen LogP) is 2.99. The molecule has 22 heavy (non-hydrogen) atoms. The molecule has 0 radical (unpaired) electrons. The maximum atomic E-state index is 10.6. The van der Waals surface area contributed by atoms with Crippen molar-refractivity contribution in [2.75, 3.05) is 11.9 Å². The number of rotatable bonds is 4. The second kappa shape index (κ2) is 6.23. The molecule has 0 saturated heterocycles. The number of carboxylic acids is 1. The molecular weight excluding hydrogens is 296 g/mol. The molecule has 5 heteroatoms. The number of aliphatic carboxylic acids is 1. The number of benzene rings is 1. The number of anilines is 1. The number of hydrogen-bond acceptors (Lipinski definition) is 3. The van der Waals surface area contributed by atoms with Crippen LogP contribution in [-0.2, 0) is 11.3 Å². The van der Waals surface area contributed by atoms with Gasteiger partial charge >= 0.3 is 5.97 Å². The molecule has 1 aromatic heterocycles. The van der Waals surface area contributed by atoms with Crippen molar-refractivity contribution in [3.8, 4) is 0 Å². The van der Waals surface area contributed by atoms with Crippen molar-refractivity contribution in [1.82, 2.24) is 0 Å². The number of para-hydroxylation sites is 1. The first-order valence-corrected chi connectivity index (χ1v) is 7.88. The van der Waals surface area contributed by atoms with Crippen LogP contribution in [0.15, 0.2) is 58.7 Å². The lowest BCUT2D eigenvalue weighted by Crippen LogP contribution is -2.33. The fourth-order valence-electron chi connectivity index (χ4n) is 2.33. The van der Waals surface area contributed by atoms with Gasteiger partial charge in [0, 0.05) is 24.1 Å². The Morgan fingerprint density at radius 1 is 1.27 bits per heavy atom. The SMILES string of the molecule is CN1/C(=C\c2cc[n+](CCC(=O)O)cc2)Sc2ccccc21. The summed E-state index contributed by atoms with van der Waals surface area (Å²) in [6.45, 7) is 0.492. The van der Waals surface area contributed by atoms with Crippen molar-refractivity contribution in [1.29, 1.82) is 0 Å². The van der Waals surface area contributed by atoms with E-state index in [1.165, 1.54) is 15.6 Å². The summed E-state index contributed by atoms with van der Waals surface area (Å²) in [5, 5.41) is 9.89. The second-order valence-electron chi connectivity index (χ2n) is 5.12. The molecule has 0 unspecified atom stereocenters. The maximum Gasteiger partial charge on any atom is 0.309 e. The molecule has 4 nitrogen and oxygen atoms in total. The van der Waals surface area contributed by atoms with Gasteiger partial charge in [-0.25, -0.2) is 4.57 Å². The van der Waals surface area contributed by atoms with Crippen molar-refractivity contribution >= 4 is 29.5 Å². The molecule has 112 valence electrons. The van der Waals surface area contributed by atoms with Gasteiger partial charge in [0.15, 0.2) is 18.9 Å². The third kappa shape index (κ3) is 3.14. The average molecular weight is 313 g/mol. The van der Waals surface area contributed by atoms with Crippen LogP contribution in [0.3, 0.4) is 0 Å². The number of thioether (sulfide) groups is 1. The Hall–Kier alpha value is -2.27. The van der Waals surface area contributed by atoms with Gasteiger partial charge in [0.05, 0.1) is 10.7 Å². The fourth-order valence-corrected chi connectivity index (χ4v) is 3.44. The maximum absolute atomic E-state index is 10.6. The van der Waals surface area contributed by atoms with Crippen LogP contribution in [0.1, 0.15) is 12.0 Å². The molecule has 0 bridgehead atoms. The largest absolute Gasteiger partial charge is 0.481 e. The molecule has 0 amide bonds. The number of nitrogens with zero attached hydrogens (tertiary/aromatic N) is 2. The molecule has 1 aromatic carbocycles. The van der Waals surface area contributed by atoms with E-state index in [9.17, 15) is 4.79 Å². The highest BCUT2D eigenvalue weighted by molar-refractivity contribution is 8.03. The van der Waals surface area contributed by atoms with Crippen LogP contribution in [0.2, 0.25) is 0 Å². The zero-order valence-electron chi connectivity index (χ0n) is 12.3. The molecule has 0 aliphatic carbocycles. The van der Waals surface area contributed by atoms with E-state index in [1.807, 2.05) is 35.2 Å². The van der Waals surface area contributed by atoms with Crippen molar-refractivity contribution < 1.29 is 14.5 Å². The van der Waals surface area contributed by atoms with E-state index in [1.54, 1.807) is 11.8 Å². The van der Waals surface area contributed by atoms with Gasteiger partial charge in [-0.2, -0.15) is 0 Å². The van der Waals surface area contributed by atoms with Gasteiger partial charge in [0.2, 0.25) is 0 Å². The summed E-state index contributed by atoms with van der Waals surface area (Å²) < 4.78 is 1.89. The first kappa shape index (κ1) is 14.7. The Labute approximate surface area is 133 Å². The van der Waals surface area contributed by atoms with E-state index < -0.39 is 5.97 Å². The van der Waals surface area contributed by atoms with Gasteiger partial charge in [0.25, 0.3) is 0 Å². The van der Waals surface area contributed by atoms with E-state index in [4.69, 9.17) is 5.11 Å². The summed E-state index contributed by atoms with van der Waals surface area (Å²) in [5.41, 5.74) is 2.33. The minimum absolute atomic E-state index is 0.138. The van der Waals surface area contributed by atoms with Crippen LogP contribution in [0.5, 0.6) is 0 Å². The Balaban J connectivity index is 1.75. The lowest BCUT2D eigenvalue weighted by atomic mass is 10.2. The highest BCUT2D eigenvalue weighted by Crippen LogP contribution is 2.45. The van der Waals surface area contributed by atoms with Crippen LogP contribution in [0, 0.1) is 0 Å². The molecule has 0 fully saturated rings. The fraction of sp³-hybridized carbons (Fsp3) is 0.176. The van der Waals surface area contributed by atoms with E-state index in [2.05, 4.69) is 36.2 Å². The molecule has 2 aromatic rings. The molecule has 1 aliphatic rings. The van der Waals surface area contributed by atoms with Crippen LogP contribution < -0.4 is 9.47 Å². The summed E-state index contributed by atoms with van der Waals surface area (Å²) in [6, 6.07) is 12.4. The summed E-state index contributed by atoms with van der Waals surface area (Å²) >= 11 is 1.76. The predicted molar refractivity (Wildman–Crippen MR) is 87.6 cm³/mol. The van der Waals surface area contributed by atoms with Crippen LogP contribution >= 0.6 is 11.8 Å². The van der Waals surface area contributed by atoms with E-state index in [0.717, 1.165) is 5.56 Å². The van der Waals surface area contributed by atoms with Gasteiger partial charge in [-0.05, 0) is 23.8 Å². The molecule has 3 rings (SSSR count). The number of pyridine rings is 1. The van der Waals surface area contributed by atoms with Crippen LogP contribution in [-0.4, -0.2) is 18.1 Å². The smallest absolute Gasteiger partial charge is 0.309 e. The van der Waals surface area contributed by atoms with Crippen molar-refractivity contribution in [2.24, 2.45) is 0 Å². The van der Waals surface area contributed by atoms with Crippen molar-refractivity contribution in [3.05, 3.63) is 59.4 Å². The number of fused-ring (bicyclic) bond motifs is 1. The summed E-state index contributed by atoms with van der Waals surface area (Å²) in [4.78, 5) is 14.0. The third-order valence-electron chi connectivity index (χ3n) is 3.56. The van der Waals surface area contributed by atoms with Crippen LogP contribution in [0.25, 0.3) is 6.08 Å². The van der Waals surface area contributed by atoms with Gasteiger partial charge < -0.3 is 10.0 Å². The van der Waals surface area contributed by atoms with Gasteiger partial charge in [0.1, 0.15) is 6.42 Å². The minimum atomic E-state index is -0.777. The van der Waals surface area contributed by atoms with E-state index in [0.29, 0.717) is 6.54 Å². The van der Waals surface area contributed by atoms with Gasteiger partial charge in [-0.1, -0.05) is 23.9 Å². The standard InChI is InChI=1S/C17H16N2O2S/c1-18-14-4-2-3-5-15(14)22-16(18)12-13-6-9-19(10-7-13)11-8-17(20)21/h2-7,9-10,12H,8,11H2,1H3/p+1. The zero-order valence-corrected chi connectivity index (χ0v) is 13.1. The highest BCUT2D eigenvalue weighted by atomic mass is 32.2. The summed E-state index contributed by atoms with van der Waals surface area (Å²) in [7, 11) is 2.07. The van der Waals surface area contributed by atoms with E-state index in [-0.39, 0.29) is 6.42 Å². The first-order chi connectivity index (χ1) is 10.6. The Morgan fingerprint density at radius 2 is 2.00 bits per heavy atom. The topological polar surface area (TPSA) is 44.4 Å². The third-order valence-corrected chi connectivity index (χ3v) is 4.73. The normalized spacial score (nSPS) is 15.1. The summed E-state index contributed by atoms with van der Waals surface area (Å²) in [6.07, 6.45) is 6.12. The van der Waals surface area contributed by atoms with E-state index >= 15 is 0 Å². The van der Waals surface area contributed by atoms with Crippen LogP contribution in [0.4, 0.5) is 5.69 Å². The lowest BCUT2D eigenvalue weighted by Gasteiger charge is -2.13. The van der Waals surface area contributed by atoms with Gasteiger partial charge in [-0.15, -0.1) is 0 Å². The molecule has 2 heterocycles. The minimum Gasteiger partial charge on any atom is -0.481 e. The Bertz CT molecular complexity index is 726. The second-order valence-corrected chi connectivity index (χ2v) is 6.19. The number of aromatic nitrogens is 1. The molecule has 0 atom stereocenters. The molecular formula is C17H17N2O2S+. The lowest BCUT2D eigenvalue weighted by molar-refractivity contribution is -0.696. The van der Waals surface area contributed by atoms with Gasteiger partial charge in [-0.3, -0.25) is 4.79 Å². The molecule has 1 N–H and O–H groups in total. The quantitative estimate of drug-likeness (QED) is 0.881. The monoisotopic (exact) mass is 313 g/mol. The molecule has 0 saturated carbocycles. The zero-order chi connectivity index (χ0) is 15.5. The van der Waals surface area contributed by atoms with Crippen molar-refractivity contribution in [3.63, 3.8) is 0 Å². The average Bonchev–Trinajstić information content (AvgIpc) is 2.83. The number of carboxylic acid groups (broad SMARTS) is 1. The Morgan fingerprint density at radius 3 is 2.68 bits per heavy atom. The molecule has 0 spiro atoms. The first-order valence-electron chi connectivity index (χ1n) is 7.07. The highest BCUT2D eigenvalue weighted by Gasteiger charge is 2.21. The number of hydrogen-bond donors (Lipinski definition) is 1. The number of carbonyl (C=O) groups is 1. The summed E-state index contributed by atoms with van der Waals surface area (Å²) in [5.74, 6) is -0.777. The van der Waals surface area contributed by atoms with Crippen molar-refractivity contribution in [2.45, 2.75) is 17.9 Å². The molecule has 1 aliphatic heterocycles.